The van der Waals surface area contributed by atoms with E-state index in [0.29, 0.717) is 0 Å². The highest BCUT2D eigenvalue weighted by Gasteiger charge is 2.10. The minimum Gasteiger partial charge on any atom is -0.258 e. The van der Waals surface area contributed by atoms with Gasteiger partial charge in [0.2, 0.25) is 0 Å². The number of nitro benzene ring substituents is 1. The Labute approximate surface area is 86.7 Å². The summed E-state index contributed by atoms with van der Waals surface area (Å²) in [4.78, 5) is 14.6. The number of benzene rings is 1. The molecule has 4 nitrogen and oxygen atoms in total. The molecule has 0 bridgehead atoms. The number of pyridine rings is 1. The summed E-state index contributed by atoms with van der Waals surface area (Å²) in [6.07, 6.45) is 2.45. The highest BCUT2D eigenvalue weighted by Crippen LogP contribution is 2.23. The molecule has 0 aliphatic carbocycles. The van der Waals surface area contributed by atoms with Gasteiger partial charge in [-0.15, -0.1) is 0 Å². The van der Waals surface area contributed by atoms with Crippen molar-refractivity contribution in [3.8, 4) is 0 Å². The number of nitrogens with zero attached hydrogens (tertiary/aromatic N) is 2. The second-order valence-corrected chi connectivity index (χ2v) is 3.29. The molecule has 0 amide bonds. The van der Waals surface area contributed by atoms with Crippen LogP contribution in [0.4, 0.5) is 5.69 Å². The molecule has 2 rings (SSSR count). The summed E-state index contributed by atoms with van der Waals surface area (Å²) in [5, 5.41) is 11.5. The van der Waals surface area contributed by atoms with Gasteiger partial charge in [0.05, 0.1) is 10.4 Å². The molecule has 76 valence electrons. The van der Waals surface area contributed by atoms with E-state index in [2.05, 4.69) is 4.98 Å². The predicted molar refractivity (Wildman–Crippen MR) is 57.8 cm³/mol. The zero-order valence-electron chi connectivity index (χ0n) is 8.30. The van der Waals surface area contributed by atoms with Crippen LogP contribution in [0.2, 0.25) is 0 Å². The van der Waals surface area contributed by atoms with Crippen LogP contribution in [0.3, 0.4) is 0 Å². The Morgan fingerprint density at radius 1 is 1.47 bits per heavy atom. The van der Waals surface area contributed by atoms with Crippen LogP contribution in [0.5, 0.6) is 0 Å². The molecule has 0 radical (unpaired) electrons. The molecular formula is C11H10N2O2. The topological polar surface area (TPSA) is 56.0 Å². The van der Waals surface area contributed by atoms with Crippen LogP contribution in [0, 0.1) is 10.1 Å². The van der Waals surface area contributed by atoms with Gasteiger partial charge in [0.25, 0.3) is 5.69 Å². The number of hydrogen-bond acceptors (Lipinski definition) is 3. The maximum Gasteiger partial charge on any atom is 0.270 e. The van der Waals surface area contributed by atoms with Gasteiger partial charge in [-0.05, 0) is 18.1 Å². The summed E-state index contributed by atoms with van der Waals surface area (Å²) in [6.45, 7) is 1.97. The molecule has 0 aliphatic heterocycles. The standard InChI is InChI=1S/C11H10N2O2/c1-2-8-6-10(13(14)15)7-9-4-3-5-12-11(8)9/h3-7H,2H2,1H3. The lowest BCUT2D eigenvalue weighted by Crippen LogP contribution is -1.93. The van der Waals surface area contributed by atoms with Gasteiger partial charge >= 0.3 is 0 Å². The maximum absolute atomic E-state index is 10.7. The smallest absolute Gasteiger partial charge is 0.258 e. The number of aryl methyl sites for hydroxylation is 1. The summed E-state index contributed by atoms with van der Waals surface area (Å²) in [6, 6.07) is 6.77. The Balaban J connectivity index is 2.77. The first-order chi connectivity index (χ1) is 7.22. The quantitative estimate of drug-likeness (QED) is 0.555. The van der Waals surface area contributed by atoms with Crippen molar-refractivity contribution in [1.82, 2.24) is 4.98 Å². The highest BCUT2D eigenvalue weighted by molar-refractivity contribution is 5.84. The molecule has 0 aliphatic rings. The van der Waals surface area contributed by atoms with Crippen molar-refractivity contribution in [2.24, 2.45) is 0 Å². The predicted octanol–water partition coefficient (Wildman–Crippen LogP) is 2.71. The fourth-order valence-corrected chi connectivity index (χ4v) is 1.63. The van der Waals surface area contributed by atoms with Gasteiger partial charge in [-0.1, -0.05) is 13.0 Å². The van der Waals surface area contributed by atoms with Crippen molar-refractivity contribution >= 4 is 16.6 Å². The third kappa shape index (κ3) is 1.66. The van der Waals surface area contributed by atoms with E-state index >= 15 is 0 Å². The van der Waals surface area contributed by atoms with Crippen LogP contribution in [0.1, 0.15) is 12.5 Å². The van der Waals surface area contributed by atoms with Crippen molar-refractivity contribution in [3.05, 3.63) is 46.1 Å². The Morgan fingerprint density at radius 2 is 2.27 bits per heavy atom. The van der Waals surface area contributed by atoms with E-state index in [4.69, 9.17) is 0 Å². The normalized spacial score (nSPS) is 10.5. The lowest BCUT2D eigenvalue weighted by molar-refractivity contribution is -0.384. The Kier molecular flexibility index (Phi) is 2.33. The van der Waals surface area contributed by atoms with Crippen molar-refractivity contribution in [3.63, 3.8) is 0 Å². The SMILES string of the molecule is CCc1cc([N+](=O)[O-])cc2cccnc12. The van der Waals surface area contributed by atoms with Gasteiger partial charge < -0.3 is 0 Å². The van der Waals surface area contributed by atoms with E-state index in [9.17, 15) is 10.1 Å². The molecule has 0 unspecified atom stereocenters. The average molecular weight is 202 g/mol. The second kappa shape index (κ2) is 3.65. The Hall–Kier alpha value is -1.97. The summed E-state index contributed by atoms with van der Waals surface area (Å²) < 4.78 is 0. The molecule has 1 aromatic carbocycles. The third-order valence-electron chi connectivity index (χ3n) is 2.36. The fraction of sp³-hybridized carbons (Fsp3) is 0.182. The van der Waals surface area contributed by atoms with Crippen LogP contribution < -0.4 is 0 Å². The van der Waals surface area contributed by atoms with E-state index in [-0.39, 0.29) is 10.6 Å². The molecule has 0 saturated heterocycles. The van der Waals surface area contributed by atoms with E-state index in [1.165, 1.54) is 0 Å². The van der Waals surface area contributed by atoms with Crippen molar-refractivity contribution < 1.29 is 4.92 Å². The van der Waals surface area contributed by atoms with Crippen LogP contribution >= 0.6 is 0 Å². The van der Waals surface area contributed by atoms with Gasteiger partial charge in [0, 0.05) is 23.7 Å². The first-order valence-electron chi connectivity index (χ1n) is 4.74. The fourth-order valence-electron chi connectivity index (χ4n) is 1.63. The van der Waals surface area contributed by atoms with E-state index in [1.54, 1.807) is 24.4 Å². The lowest BCUT2D eigenvalue weighted by Gasteiger charge is -2.02. The molecule has 1 heterocycles. The summed E-state index contributed by atoms with van der Waals surface area (Å²) in [5.41, 5.74) is 1.90. The highest BCUT2D eigenvalue weighted by atomic mass is 16.6. The molecular weight excluding hydrogens is 192 g/mol. The van der Waals surface area contributed by atoms with Crippen molar-refractivity contribution in [1.29, 1.82) is 0 Å². The zero-order chi connectivity index (χ0) is 10.8. The number of fused-ring (bicyclic) bond motifs is 1. The number of non-ortho nitro benzene ring substituents is 1. The number of nitro groups is 1. The molecule has 0 spiro atoms. The van der Waals surface area contributed by atoms with Gasteiger partial charge in [-0.25, -0.2) is 0 Å². The monoisotopic (exact) mass is 202 g/mol. The Morgan fingerprint density at radius 3 is 2.93 bits per heavy atom. The summed E-state index contributed by atoms with van der Waals surface area (Å²) in [7, 11) is 0. The van der Waals surface area contributed by atoms with Crippen LogP contribution in [-0.2, 0) is 6.42 Å². The average Bonchev–Trinajstić information content (AvgIpc) is 2.27. The number of aromatic nitrogens is 1. The van der Waals surface area contributed by atoms with Crippen molar-refractivity contribution in [2.75, 3.05) is 0 Å². The first-order valence-corrected chi connectivity index (χ1v) is 4.74. The first kappa shape index (κ1) is 9.58. The maximum atomic E-state index is 10.7. The minimum absolute atomic E-state index is 0.132. The van der Waals surface area contributed by atoms with Crippen molar-refractivity contribution in [2.45, 2.75) is 13.3 Å². The van der Waals surface area contributed by atoms with Crippen LogP contribution in [0.15, 0.2) is 30.5 Å². The molecule has 1 aromatic heterocycles. The molecule has 4 heteroatoms. The third-order valence-corrected chi connectivity index (χ3v) is 2.36. The molecule has 0 saturated carbocycles. The van der Waals surface area contributed by atoms with E-state index < -0.39 is 0 Å². The second-order valence-electron chi connectivity index (χ2n) is 3.29. The van der Waals surface area contributed by atoms with Crippen LogP contribution in [-0.4, -0.2) is 9.91 Å². The Bertz CT molecular complexity index is 523. The van der Waals surface area contributed by atoms with Crippen LogP contribution in [0.25, 0.3) is 10.9 Å². The van der Waals surface area contributed by atoms with Gasteiger partial charge in [-0.3, -0.25) is 15.1 Å². The van der Waals surface area contributed by atoms with Gasteiger partial charge in [0.1, 0.15) is 0 Å². The zero-order valence-corrected chi connectivity index (χ0v) is 8.30. The number of hydrogen-bond donors (Lipinski definition) is 0. The summed E-state index contributed by atoms with van der Waals surface area (Å²) >= 11 is 0. The molecule has 0 N–H and O–H groups in total. The molecule has 15 heavy (non-hydrogen) atoms. The lowest BCUT2D eigenvalue weighted by atomic mass is 10.1. The summed E-state index contributed by atoms with van der Waals surface area (Å²) in [5.74, 6) is 0. The van der Waals surface area contributed by atoms with Gasteiger partial charge in [-0.2, -0.15) is 0 Å². The number of rotatable bonds is 2. The van der Waals surface area contributed by atoms with E-state index in [1.807, 2.05) is 13.0 Å². The largest absolute Gasteiger partial charge is 0.270 e. The molecule has 0 fully saturated rings. The molecule has 2 aromatic rings. The van der Waals surface area contributed by atoms with Gasteiger partial charge in [0.15, 0.2) is 0 Å². The molecule has 0 atom stereocenters. The van der Waals surface area contributed by atoms with E-state index in [0.717, 1.165) is 22.9 Å². The minimum atomic E-state index is -0.369.